The molecule has 0 saturated heterocycles. The number of nitrogens with zero attached hydrogens (tertiary/aromatic N) is 1. The van der Waals surface area contributed by atoms with E-state index in [2.05, 4.69) is 23.3 Å². The van der Waals surface area contributed by atoms with Crippen LogP contribution in [0.25, 0.3) is 0 Å². The Kier molecular flexibility index (Phi) is 4.93. The molecule has 0 bridgehead atoms. The fraction of sp³-hybridized carbons (Fsp3) is 0.294. The van der Waals surface area contributed by atoms with Crippen LogP contribution in [-0.2, 0) is 6.42 Å². The third-order valence-electron chi connectivity index (χ3n) is 3.40. The van der Waals surface area contributed by atoms with Crippen LogP contribution >= 0.6 is 0 Å². The SMILES string of the molecule is COc1cc(C)cc(C)c1CCNC(=O)c1ccncc1. The molecule has 21 heavy (non-hydrogen) atoms. The van der Waals surface area contributed by atoms with E-state index in [0.717, 1.165) is 17.7 Å². The van der Waals surface area contributed by atoms with Crippen LogP contribution < -0.4 is 10.1 Å². The van der Waals surface area contributed by atoms with Gasteiger partial charge in [0, 0.05) is 24.5 Å². The van der Waals surface area contributed by atoms with Gasteiger partial charge in [0.25, 0.3) is 5.91 Å². The Balaban J connectivity index is 1.99. The summed E-state index contributed by atoms with van der Waals surface area (Å²) in [4.78, 5) is 15.9. The lowest BCUT2D eigenvalue weighted by molar-refractivity contribution is 0.0954. The molecule has 1 aromatic carbocycles. The number of ether oxygens (including phenoxy) is 1. The number of carbonyl (C=O) groups is 1. The average molecular weight is 284 g/mol. The monoisotopic (exact) mass is 284 g/mol. The second-order valence-electron chi connectivity index (χ2n) is 5.00. The topological polar surface area (TPSA) is 51.2 Å². The lowest BCUT2D eigenvalue weighted by atomic mass is 10.0. The molecule has 2 aromatic rings. The first-order valence-electron chi connectivity index (χ1n) is 6.94. The number of pyridine rings is 1. The smallest absolute Gasteiger partial charge is 0.251 e. The average Bonchev–Trinajstić information content (AvgIpc) is 2.49. The van der Waals surface area contributed by atoms with Gasteiger partial charge in [-0.15, -0.1) is 0 Å². The van der Waals surface area contributed by atoms with Crippen LogP contribution in [0.15, 0.2) is 36.7 Å². The van der Waals surface area contributed by atoms with E-state index in [1.807, 2.05) is 13.0 Å². The van der Waals surface area contributed by atoms with Gasteiger partial charge >= 0.3 is 0 Å². The Morgan fingerprint density at radius 1 is 1.24 bits per heavy atom. The Bertz CT molecular complexity index is 624. The van der Waals surface area contributed by atoms with Crippen LogP contribution in [0.3, 0.4) is 0 Å². The van der Waals surface area contributed by atoms with Gasteiger partial charge in [0.2, 0.25) is 0 Å². The highest BCUT2D eigenvalue weighted by atomic mass is 16.5. The maximum Gasteiger partial charge on any atom is 0.251 e. The standard InChI is InChI=1S/C17H20N2O2/c1-12-10-13(2)15(16(11-12)21-3)6-9-19-17(20)14-4-7-18-8-5-14/h4-5,7-8,10-11H,6,9H2,1-3H3,(H,19,20). The van der Waals surface area contributed by atoms with Crippen molar-refractivity contribution in [1.29, 1.82) is 0 Å². The van der Waals surface area contributed by atoms with Crippen LogP contribution in [-0.4, -0.2) is 24.5 Å². The fourth-order valence-electron chi connectivity index (χ4n) is 2.37. The van der Waals surface area contributed by atoms with Crippen molar-refractivity contribution in [2.75, 3.05) is 13.7 Å². The molecule has 0 unspecified atom stereocenters. The summed E-state index contributed by atoms with van der Waals surface area (Å²) in [7, 11) is 1.67. The number of methoxy groups -OCH3 is 1. The molecule has 0 atom stereocenters. The van der Waals surface area contributed by atoms with Crippen LogP contribution in [0, 0.1) is 13.8 Å². The summed E-state index contributed by atoms with van der Waals surface area (Å²) in [6.07, 6.45) is 3.97. The number of rotatable bonds is 5. The van der Waals surface area contributed by atoms with Crippen molar-refractivity contribution >= 4 is 5.91 Å². The first-order valence-corrected chi connectivity index (χ1v) is 6.94. The van der Waals surface area contributed by atoms with Crippen molar-refractivity contribution in [2.24, 2.45) is 0 Å². The first kappa shape index (κ1) is 15.0. The van der Waals surface area contributed by atoms with Crippen molar-refractivity contribution in [3.63, 3.8) is 0 Å². The highest BCUT2D eigenvalue weighted by Gasteiger charge is 2.09. The normalized spacial score (nSPS) is 10.2. The highest BCUT2D eigenvalue weighted by Crippen LogP contribution is 2.24. The lowest BCUT2D eigenvalue weighted by Gasteiger charge is -2.13. The molecule has 0 saturated carbocycles. The number of benzene rings is 1. The quantitative estimate of drug-likeness (QED) is 0.918. The van der Waals surface area contributed by atoms with Crippen molar-refractivity contribution in [3.8, 4) is 5.75 Å². The van der Waals surface area contributed by atoms with Gasteiger partial charge in [-0.25, -0.2) is 0 Å². The molecular weight excluding hydrogens is 264 g/mol. The van der Waals surface area contributed by atoms with E-state index in [9.17, 15) is 4.79 Å². The van der Waals surface area contributed by atoms with Gasteiger partial charge in [0.15, 0.2) is 0 Å². The summed E-state index contributed by atoms with van der Waals surface area (Å²) >= 11 is 0. The molecule has 0 aliphatic heterocycles. The third kappa shape index (κ3) is 3.81. The molecule has 110 valence electrons. The summed E-state index contributed by atoms with van der Waals surface area (Å²) in [6, 6.07) is 7.55. The largest absolute Gasteiger partial charge is 0.496 e. The number of amides is 1. The predicted molar refractivity (Wildman–Crippen MR) is 82.7 cm³/mol. The first-order chi connectivity index (χ1) is 10.1. The summed E-state index contributed by atoms with van der Waals surface area (Å²) < 4.78 is 5.43. The van der Waals surface area contributed by atoms with Gasteiger partial charge in [-0.05, 0) is 55.2 Å². The van der Waals surface area contributed by atoms with E-state index < -0.39 is 0 Å². The molecule has 0 aliphatic carbocycles. The summed E-state index contributed by atoms with van der Waals surface area (Å²) in [5.74, 6) is 0.798. The van der Waals surface area contributed by atoms with Crippen molar-refractivity contribution in [2.45, 2.75) is 20.3 Å². The van der Waals surface area contributed by atoms with Gasteiger partial charge in [-0.3, -0.25) is 9.78 Å². The van der Waals surface area contributed by atoms with Crippen molar-refractivity contribution < 1.29 is 9.53 Å². The Labute approximate surface area is 125 Å². The van der Waals surface area contributed by atoms with Crippen LogP contribution in [0.5, 0.6) is 5.75 Å². The number of aryl methyl sites for hydroxylation is 2. The molecule has 0 fully saturated rings. The highest BCUT2D eigenvalue weighted by molar-refractivity contribution is 5.93. The molecule has 1 amide bonds. The molecule has 0 radical (unpaired) electrons. The number of hydrogen-bond donors (Lipinski definition) is 1. The zero-order valence-electron chi connectivity index (χ0n) is 12.6. The Morgan fingerprint density at radius 2 is 1.95 bits per heavy atom. The summed E-state index contributed by atoms with van der Waals surface area (Å²) in [6.45, 7) is 4.68. The second kappa shape index (κ2) is 6.88. The number of aromatic nitrogens is 1. The van der Waals surface area contributed by atoms with E-state index in [0.29, 0.717) is 12.1 Å². The second-order valence-corrected chi connectivity index (χ2v) is 5.00. The van der Waals surface area contributed by atoms with Crippen molar-refractivity contribution in [3.05, 3.63) is 58.9 Å². The molecule has 1 N–H and O–H groups in total. The zero-order chi connectivity index (χ0) is 15.2. The van der Waals surface area contributed by atoms with Gasteiger partial charge in [0.05, 0.1) is 7.11 Å². The van der Waals surface area contributed by atoms with Crippen LogP contribution in [0.4, 0.5) is 0 Å². The van der Waals surface area contributed by atoms with Gasteiger partial charge in [-0.2, -0.15) is 0 Å². The van der Waals surface area contributed by atoms with Gasteiger partial charge in [0.1, 0.15) is 5.75 Å². The third-order valence-corrected chi connectivity index (χ3v) is 3.40. The minimum atomic E-state index is -0.0823. The van der Waals surface area contributed by atoms with Crippen molar-refractivity contribution in [1.82, 2.24) is 10.3 Å². The molecule has 4 nitrogen and oxygen atoms in total. The van der Waals surface area contributed by atoms with Crippen LogP contribution in [0.2, 0.25) is 0 Å². The maximum absolute atomic E-state index is 12.0. The van der Waals surface area contributed by atoms with E-state index in [4.69, 9.17) is 4.74 Å². The van der Waals surface area contributed by atoms with Gasteiger partial charge in [-0.1, -0.05) is 6.07 Å². The Hall–Kier alpha value is -2.36. The molecule has 0 spiro atoms. The van der Waals surface area contributed by atoms with Crippen LogP contribution in [0.1, 0.15) is 27.0 Å². The molecule has 1 heterocycles. The summed E-state index contributed by atoms with van der Waals surface area (Å²) in [5, 5.41) is 2.92. The zero-order valence-corrected chi connectivity index (χ0v) is 12.6. The Morgan fingerprint density at radius 3 is 2.62 bits per heavy atom. The van der Waals surface area contributed by atoms with E-state index in [1.165, 1.54) is 11.1 Å². The summed E-state index contributed by atoms with van der Waals surface area (Å²) in [5.41, 5.74) is 4.12. The van der Waals surface area contributed by atoms with Gasteiger partial charge < -0.3 is 10.1 Å². The van der Waals surface area contributed by atoms with E-state index >= 15 is 0 Å². The van der Waals surface area contributed by atoms with E-state index in [-0.39, 0.29) is 5.91 Å². The minimum Gasteiger partial charge on any atom is -0.496 e. The molecule has 1 aromatic heterocycles. The molecular formula is C17H20N2O2. The molecule has 2 rings (SSSR count). The predicted octanol–water partition coefficient (Wildman–Crippen LogP) is 2.68. The number of carbonyl (C=O) groups excluding carboxylic acids is 1. The number of nitrogens with one attached hydrogen (secondary N) is 1. The van der Waals surface area contributed by atoms with E-state index in [1.54, 1.807) is 31.6 Å². The maximum atomic E-state index is 12.0. The number of hydrogen-bond acceptors (Lipinski definition) is 3. The minimum absolute atomic E-state index is 0.0823. The molecule has 0 aliphatic rings. The molecule has 4 heteroatoms. The lowest BCUT2D eigenvalue weighted by Crippen LogP contribution is -2.26. The fourth-order valence-corrected chi connectivity index (χ4v) is 2.37.